The molecule has 3 atom stereocenters. The molecular formula is C27H31ClFN5O4. The van der Waals surface area contributed by atoms with Crippen LogP contribution in [-0.4, -0.2) is 47.7 Å². The van der Waals surface area contributed by atoms with Crippen LogP contribution in [0.5, 0.6) is 5.88 Å². The summed E-state index contributed by atoms with van der Waals surface area (Å²) in [5.74, 6) is -0.278. The topological polar surface area (TPSA) is 114 Å². The summed E-state index contributed by atoms with van der Waals surface area (Å²) in [6, 6.07) is 5.76. The molecule has 2 aromatic heterocycles. The molecule has 2 heterocycles. The van der Waals surface area contributed by atoms with Gasteiger partial charge in [0.05, 0.1) is 28.3 Å². The highest BCUT2D eigenvalue weighted by Crippen LogP contribution is 2.53. The van der Waals surface area contributed by atoms with E-state index in [0.29, 0.717) is 47.9 Å². The van der Waals surface area contributed by atoms with Gasteiger partial charge in [0.15, 0.2) is 0 Å². The molecule has 0 radical (unpaired) electrons. The molecule has 38 heavy (non-hydrogen) atoms. The van der Waals surface area contributed by atoms with Gasteiger partial charge in [0, 0.05) is 25.8 Å². The average Bonchev–Trinajstić information content (AvgIpc) is 3.56. The molecule has 5 rings (SSSR count). The first-order valence-electron chi connectivity index (χ1n) is 12.4. The van der Waals surface area contributed by atoms with Crippen LogP contribution in [0.3, 0.4) is 0 Å². The van der Waals surface area contributed by atoms with Crippen LogP contribution in [0.4, 0.5) is 10.1 Å². The van der Waals surface area contributed by atoms with E-state index < -0.39 is 17.0 Å². The second-order valence-electron chi connectivity index (χ2n) is 11.0. The first-order chi connectivity index (χ1) is 17.8. The molecular weight excluding hydrogens is 513 g/mol. The fourth-order valence-electron chi connectivity index (χ4n) is 5.53. The number of hydrogen-bond acceptors (Lipinski definition) is 6. The lowest BCUT2D eigenvalue weighted by molar-refractivity contribution is 0.0266. The predicted octanol–water partition coefficient (Wildman–Crippen LogP) is 4.05. The molecule has 3 aromatic rings. The Balaban J connectivity index is 1.33. The number of allylic oxidation sites excluding steroid dienone is 2. The minimum atomic E-state index is -1.07. The zero-order valence-corrected chi connectivity index (χ0v) is 22.5. The Kier molecular flexibility index (Phi) is 6.61. The summed E-state index contributed by atoms with van der Waals surface area (Å²) in [5, 5.41) is 28.6. The van der Waals surface area contributed by atoms with E-state index in [-0.39, 0.29) is 29.4 Å². The number of nitrogens with zero attached hydrogens (tertiary/aromatic N) is 4. The van der Waals surface area contributed by atoms with Crippen molar-refractivity contribution in [2.75, 3.05) is 11.9 Å². The number of fused-ring (bicyclic) bond motifs is 1. The van der Waals surface area contributed by atoms with Crippen LogP contribution in [0.25, 0.3) is 5.57 Å². The van der Waals surface area contributed by atoms with Crippen molar-refractivity contribution in [1.29, 1.82) is 0 Å². The largest absolute Gasteiger partial charge is 0.474 e. The smallest absolute Gasteiger partial charge is 0.274 e. The Labute approximate surface area is 224 Å². The van der Waals surface area contributed by atoms with Gasteiger partial charge in [-0.1, -0.05) is 17.7 Å². The summed E-state index contributed by atoms with van der Waals surface area (Å²) in [5.41, 5.74) is 0.950. The van der Waals surface area contributed by atoms with E-state index in [2.05, 4.69) is 21.5 Å². The predicted molar refractivity (Wildman–Crippen MR) is 140 cm³/mol. The highest BCUT2D eigenvalue weighted by Gasteiger charge is 2.49. The minimum absolute atomic E-state index is 0.0730. The summed E-state index contributed by atoms with van der Waals surface area (Å²) in [7, 11) is 3.52. The van der Waals surface area contributed by atoms with E-state index in [9.17, 15) is 19.4 Å². The van der Waals surface area contributed by atoms with Crippen molar-refractivity contribution in [2.45, 2.75) is 44.3 Å². The zero-order valence-electron chi connectivity index (χ0n) is 21.7. The second-order valence-corrected chi connectivity index (χ2v) is 11.4. The molecule has 0 aliphatic heterocycles. The van der Waals surface area contributed by atoms with Crippen LogP contribution in [0.1, 0.15) is 55.0 Å². The van der Waals surface area contributed by atoms with Gasteiger partial charge in [-0.2, -0.15) is 0 Å². The summed E-state index contributed by atoms with van der Waals surface area (Å²) >= 11 is 5.86. The number of aliphatic hydroxyl groups is 2. The summed E-state index contributed by atoms with van der Waals surface area (Å²) < 4.78 is 22.4. The number of carbonyl (C=O) groups is 1. The number of halogens is 2. The Morgan fingerprint density at radius 2 is 2.08 bits per heavy atom. The van der Waals surface area contributed by atoms with Gasteiger partial charge in [0.25, 0.3) is 5.91 Å². The van der Waals surface area contributed by atoms with Gasteiger partial charge in [-0.3, -0.25) is 9.48 Å². The van der Waals surface area contributed by atoms with Crippen molar-refractivity contribution in [3.63, 3.8) is 0 Å². The number of carbonyl (C=O) groups excluding carboxylic acids is 1. The number of amides is 1. The Bertz CT molecular complexity index is 1430. The van der Waals surface area contributed by atoms with Gasteiger partial charge >= 0.3 is 0 Å². The number of hydrogen-bond donors (Lipinski definition) is 3. The third kappa shape index (κ3) is 5.08. The first kappa shape index (κ1) is 26.4. The Morgan fingerprint density at radius 3 is 2.76 bits per heavy atom. The van der Waals surface area contributed by atoms with Crippen molar-refractivity contribution in [3.8, 4) is 5.88 Å². The van der Waals surface area contributed by atoms with Gasteiger partial charge < -0.3 is 24.8 Å². The molecule has 1 amide bonds. The minimum Gasteiger partial charge on any atom is -0.474 e. The SMILES string of the molecule is Cn1cnc(C2=CC3C[C@](O)(c4cc(OCC(C)(C)O)nn4C)CC3C2)c1C(=O)Nc1ccc(F)c(Cl)c1. The molecule has 202 valence electrons. The van der Waals surface area contributed by atoms with E-state index in [0.717, 1.165) is 5.57 Å². The fraction of sp³-hybridized carbons (Fsp3) is 0.444. The second kappa shape index (κ2) is 9.52. The molecule has 1 saturated carbocycles. The van der Waals surface area contributed by atoms with Crippen LogP contribution >= 0.6 is 11.6 Å². The maximum atomic E-state index is 13.5. The summed E-state index contributed by atoms with van der Waals surface area (Å²) in [6.07, 6.45) is 5.42. The lowest BCUT2D eigenvalue weighted by Crippen LogP contribution is -2.28. The van der Waals surface area contributed by atoms with Crippen LogP contribution in [0.15, 0.2) is 36.7 Å². The quantitative estimate of drug-likeness (QED) is 0.414. The lowest BCUT2D eigenvalue weighted by Gasteiger charge is -2.23. The number of imidazole rings is 1. The van der Waals surface area contributed by atoms with Crippen molar-refractivity contribution >= 4 is 28.8 Å². The average molecular weight is 544 g/mol. The standard InChI is InChI=1S/C27H31ClFN5O4/c1-26(2,36)13-38-22-10-21(34(4)32-22)27(37)11-16-7-15(8-17(16)12-27)23-24(33(3)14-30-23)25(35)31-18-5-6-20(29)19(28)9-18/h5-7,9-10,14,16-17,36-37H,8,11-13H2,1-4H3,(H,31,35)/t16?,17?,27-/m1/s1. The number of nitrogens with one attached hydrogen (secondary N) is 1. The van der Waals surface area contributed by atoms with E-state index >= 15 is 0 Å². The van der Waals surface area contributed by atoms with Gasteiger partial charge in [0.2, 0.25) is 5.88 Å². The normalized spacial score (nSPS) is 22.9. The monoisotopic (exact) mass is 543 g/mol. The van der Waals surface area contributed by atoms with Crippen molar-refractivity contribution < 1.29 is 24.1 Å². The highest BCUT2D eigenvalue weighted by molar-refractivity contribution is 6.31. The summed E-state index contributed by atoms with van der Waals surface area (Å²) in [6.45, 7) is 3.40. The van der Waals surface area contributed by atoms with E-state index in [4.69, 9.17) is 16.3 Å². The lowest BCUT2D eigenvalue weighted by atomic mass is 9.93. The molecule has 2 aliphatic carbocycles. The molecule has 0 saturated heterocycles. The number of rotatable bonds is 7. The first-order valence-corrected chi connectivity index (χ1v) is 12.8. The van der Waals surface area contributed by atoms with Gasteiger partial charge in [0.1, 0.15) is 23.7 Å². The molecule has 0 bridgehead atoms. The number of anilines is 1. The van der Waals surface area contributed by atoms with E-state index in [1.165, 1.54) is 18.2 Å². The van der Waals surface area contributed by atoms with E-state index in [1.54, 1.807) is 49.6 Å². The van der Waals surface area contributed by atoms with Gasteiger partial charge in [-0.15, -0.1) is 5.10 Å². The number of aryl methyl sites for hydroxylation is 2. The molecule has 2 unspecified atom stereocenters. The van der Waals surface area contributed by atoms with Crippen molar-refractivity contribution in [1.82, 2.24) is 19.3 Å². The molecule has 3 N–H and O–H groups in total. The highest BCUT2D eigenvalue weighted by atomic mass is 35.5. The number of aromatic nitrogens is 4. The number of benzene rings is 1. The fourth-order valence-corrected chi connectivity index (χ4v) is 5.71. The third-order valence-corrected chi connectivity index (χ3v) is 7.51. The Morgan fingerprint density at radius 1 is 1.32 bits per heavy atom. The molecule has 11 heteroatoms. The van der Waals surface area contributed by atoms with Gasteiger partial charge in [-0.05, 0) is 68.7 Å². The molecule has 2 aliphatic rings. The molecule has 9 nitrogen and oxygen atoms in total. The van der Waals surface area contributed by atoms with Gasteiger partial charge in [-0.25, -0.2) is 9.37 Å². The maximum Gasteiger partial charge on any atom is 0.274 e. The summed E-state index contributed by atoms with van der Waals surface area (Å²) in [4.78, 5) is 17.7. The molecule has 0 spiro atoms. The molecule has 1 aromatic carbocycles. The van der Waals surface area contributed by atoms with E-state index in [1.807, 2.05) is 0 Å². The van der Waals surface area contributed by atoms with Crippen LogP contribution in [0, 0.1) is 17.7 Å². The number of ether oxygens (including phenoxy) is 1. The van der Waals surface area contributed by atoms with Crippen LogP contribution < -0.4 is 10.1 Å². The zero-order chi connectivity index (χ0) is 27.4. The third-order valence-electron chi connectivity index (χ3n) is 7.22. The maximum absolute atomic E-state index is 13.5. The van der Waals surface area contributed by atoms with Crippen molar-refractivity contribution in [3.05, 3.63) is 64.6 Å². The van der Waals surface area contributed by atoms with Crippen LogP contribution in [-0.2, 0) is 19.7 Å². The molecule has 1 fully saturated rings. The Hall–Kier alpha value is -3.21. The van der Waals surface area contributed by atoms with Crippen molar-refractivity contribution in [2.24, 2.45) is 25.9 Å². The van der Waals surface area contributed by atoms with Crippen LogP contribution in [0.2, 0.25) is 5.02 Å².